The Morgan fingerprint density at radius 3 is 2.59 bits per heavy atom. The van der Waals surface area contributed by atoms with Gasteiger partial charge in [0.2, 0.25) is 0 Å². The number of carbonyl (C=O) groups excluding carboxylic acids is 1. The molecule has 0 saturated heterocycles. The molecule has 1 aromatic rings. The van der Waals surface area contributed by atoms with Crippen LogP contribution in [-0.4, -0.2) is 26.1 Å². The number of amides is 1. The van der Waals surface area contributed by atoms with Gasteiger partial charge in [-0.05, 0) is 24.3 Å². The van der Waals surface area contributed by atoms with Gasteiger partial charge in [-0.1, -0.05) is 0 Å². The predicted molar refractivity (Wildman–Crippen MR) is 63.6 cm³/mol. The summed E-state index contributed by atoms with van der Waals surface area (Å²) >= 11 is 0. The molecule has 0 atom stereocenters. The van der Waals surface area contributed by atoms with Crippen LogP contribution in [0.5, 0.6) is 5.75 Å². The molecule has 0 aromatic heterocycles. The van der Waals surface area contributed by atoms with Crippen molar-refractivity contribution in [3.63, 3.8) is 0 Å². The Morgan fingerprint density at radius 2 is 2.12 bits per heavy atom. The fourth-order valence-corrected chi connectivity index (χ4v) is 1.16. The number of hydrogen-bond donors (Lipinski definition) is 2. The van der Waals surface area contributed by atoms with Crippen molar-refractivity contribution in [3.05, 3.63) is 41.7 Å². The molecular weight excluding hydrogens is 223 g/mol. The Morgan fingerprint density at radius 1 is 1.47 bits per heavy atom. The second kappa shape index (κ2) is 6.65. The van der Waals surface area contributed by atoms with E-state index in [9.17, 15) is 9.18 Å². The molecule has 1 amide bonds. The highest BCUT2D eigenvalue weighted by Crippen LogP contribution is 2.13. The van der Waals surface area contributed by atoms with Gasteiger partial charge >= 0.3 is 0 Å². The van der Waals surface area contributed by atoms with Crippen LogP contribution in [0.1, 0.15) is 10.4 Å². The molecule has 0 fully saturated rings. The van der Waals surface area contributed by atoms with Crippen LogP contribution >= 0.6 is 0 Å². The lowest BCUT2D eigenvalue weighted by Gasteiger charge is -2.07. The summed E-state index contributed by atoms with van der Waals surface area (Å²) in [7, 11) is 1.56. The maximum atomic E-state index is 12.2. The van der Waals surface area contributed by atoms with Gasteiger partial charge in [0, 0.05) is 24.7 Å². The van der Waals surface area contributed by atoms with E-state index in [0.29, 0.717) is 23.2 Å². The molecular formula is C12H15FN2O2. The molecule has 3 N–H and O–H groups in total. The zero-order valence-electron chi connectivity index (χ0n) is 9.57. The quantitative estimate of drug-likeness (QED) is 0.811. The monoisotopic (exact) mass is 238 g/mol. The summed E-state index contributed by atoms with van der Waals surface area (Å²) in [5, 5.41) is 2.51. The van der Waals surface area contributed by atoms with E-state index in [2.05, 4.69) is 5.32 Å². The third-order valence-corrected chi connectivity index (χ3v) is 2.18. The number of benzene rings is 1. The molecule has 0 aliphatic rings. The topological polar surface area (TPSA) is 64.3 Å². The number of nitrogens with one attached hydrogen (secondary N) is 1. The maximum absolute atomic E-state index is 12.2. The van der Waals surface area contributed by atoms with Crippen molar-refractivity contribution in [1.82, 2.24) is 5.32 Å². The highest BCUT2D eigenvalue weighted by atomic mass is 19.1. The molecule has 1 aromatic carbocycles. The fourth-order valence-electron chi connectivity index (χ4n) is 1.16. The summed E-state index contributed by atoms with van der Waals surface area (Å²) in [6, 6.07) is 6.57. The van der Waals surface area contributed by atoms with Gasteiger partial charge < -0.3 is 15.8 Å². The Hall–Kier alpha value is -1.88. The standard InChI is InChI=1S/C12H15FN2O2/c1-15-12(16)10-2-4-11(5-3-10)17-8-9(6-13)7-14/h2-6H,7-8,14H2,1H3,(H,15,16). The largest absolute Gasteiger partial charge is 0.489 e. The third-order valence-electron chi connectivity index (χ3n) is 2.18. The van der Waals surface area contributed by atoms with E-state index in [0.717, 1.165) is 0 Å². The molecule has 5 heteroatoms. The summed E-state index contributed by atoms with van der Waals surface area (Å²) in [6.45, 7) is 0.221. The van der Waals surface area contributed by atoms with Crippen molar-refractivity contribution in [2.24, 2.45) is 5.73 Å². The minimum absolute atomic E-state index is 0.103. The summed E-state index contributed by atoms with van der Waals surface area (Å²) in [6.07, 6.45) is 0.443. The van der Waals surface area contributed by atoms with Crippen LogP contribution in [0.15, 0.2) is 36.2 Å². The van der Waals surface area contributed by atoms with Gasteiger partial charge in [-0.3, -0.25) is 4.79 Å². The normalized spacial score (nSPS) is 11.1. The average molecular weight is 238 g/mol. The zero-order valence-corrected chi connectivity index (χ0v) is 9.57. The minimum Gasteiger partial charge on any atom is -0.489 e. The molecule has 0 spiro atoms. The molecule has 0 heterocycles. The number of carbonyl (C=O) groups is 1. The molecule has 0 unspecified atom stereocenters. The van der Waals surface area contributed by atoms with E-state index >= 15 is 0 Å². The highest BCUT2D eigenvalue weighted by Gasteiger charge is 2.03. The van der Waals surface area contributed by atoms with Crippen LogP contribution in [0.25, 0.3) is 0 Å². The molecule has 1 rings (SSSR count). The zero-order chi connectivity index (χ0) is 12.7. The molecule has 0 bridgehead atoms. The Balaban J connectivity index is 2.60. The van der Waals surface area contributed by atoms with E-state index in [4.69, 9.17) is 10.5 Å². The van der Waals surface area contributed by atoms with Gasteiger partial charge in [0.1, 0.15) is 12.4 Å². The van der Waals surface area contributed by atoms with Crippen molar-refractivity contribution < 1.29 is 13.9 Å². The first-order chi connectivity index (χ1) is 8.21. The number of halogens is 1. The van der Waals surface area contributed by atoms with Gasteiger partial charge in [-0.25, -0.2) is 4.39 Å². The van der Waals surface area contributed by atoms with Crippen LogP contribution in [-0.2, 0) is 0 Å². The van der Waals surface area contributed by atoms with E-state index < -0.39 is 0 Å². The van der Waals surface area contributed by atoms with E-state index in [1.165, 1.54) is 0 Å². The van der Waals surface area contributed by atoms with E-state index in [1.807, 2.05) is 0 Å². The molecule has 92 valence electrons. The Kier molecular flexibility index (Phi) is 5.16. The summed E-state index contributed by atoms with van der Waals surface area (Å²) in [4.78, 5) is 11.3. The van der Waals surface area contributed by atoms with Gasteiger partial charge in [-0.15, -0.1) is 0 Å². The number of rotatable bonds is 5. The second-order valence-corrected chi connectivity index (χ2v) is 3.36. The average Bonchev–Trinajstić information content (AvgIpc) is 2.39. The van der Waals surface area contributed by atoms with Gasteiger partial charge in [-0.2, -0.15) is 0 Å². The first-order valence-corrected chi connectivity index (χ1v) is 5.14. The molecule has 0 saturated carbocycles. The van der Waals surface area contributed by atoms with Crippen LogP contribution in [0, 0.1) is 0 Å². The molecule has 17 heavy (non-hydrogen) atoms. The van der Waals surface area contributed by atoms with Crippen molar-refractivity contribution >= 4 is 5.91 Å². The van der Waals surface area contributed by atoms with Crippen LogP contribution in [0.4, 0.5) is 4.39 Å². The number of hydrogen-bond acceptors (Lipinski definition) is 3. The number of ether oxygens (including phenoxy) is 1. The first kappa shape index (κ1) is 13.2. The fraction of sp³-hybridized carbons (Fsp3) is 0.250. The van der Waals surface area contributed by atoms with Crippen molar-refractivity contribution in [3.8, 4) is 5.75 Å². The summed E-state index contributed by atoms with van der Waals surface area (Å²) in [5.41, 5.74) is 6.21. The Labute approximate surface area is 99.3 Å². The van der Waals surface area contributed by atoms with Crippen molar-refractivity contribution in [2.45, 2.75) is 0 Å². The lowest BCUT2D eigenvalue weighted by atomic mass is 10.2. The first-order valence-electron chi connectivity index (χ1n) is 5.14. The smallest absolute Gasteiger partial charge is 0.251 e. The maximum Gasteiger partial charge on any atom is 0.251 e. The van der Waals surface area contributed by atoms with Crippen molar-refractivity contribution in [2.75, 3.05) is 20.2 Å². The lowest BCUT2D eigenvalue weighted by Crippen LogP contribution is -2.17. The van der Waals surface area contributed by atoms with Crippen LogP contribution in [0.2, 0.25) is 0 Å². The SMILES string of the molecule is CNC(=O)c1ccc(OCC(=CF)CN)cc1. The molecule has 0 aliphatic heterocycles. The van der Waals surface area contributed by atoms with Crippen LogP contribution < -0.4 is 15.8 Å². The second-order valence-electron chi connectivity index (χ2n) is 3.36. The molecule has 0 radical (unpaired) electrons. The molecule has 4 nitrogen and oxygen atoms in total. The number of nitrogens with two attached hydrogens (primary N) is 1. The summed E-state index contributed by atoms with van der Waals surface area (Å²) < 4.78 is 17.5. The third kappa shape index (κ3) is 3.88. The predicted octanol–water partition coefficient (Wildman–Crippen LogP) is 1.24. The van der Waals surface area contributed by atoms with Gasteiger partial charge in [0.05, 0.1) is 6.33 Å². The lowest BCUT2D eigenvalue weighted by molar-refractivity contribution is 0.0963. The Bertz CT molecular complexity index is 401. The molecule has 0 aliphatic carbocycles. The van der Waals surface area contributed by atoms with Gasteiger partial charge in [0.15, 0.2) is 0 Å². The van der Waals surface area contributed by atoms with E-state index in [-0.39, 0.29) is 19.1 Å². The van der Waals surface area contributed by atoms with E-state index in [1.54, 1.807) is 31.3 Å². The summed E-state index contributed by atoms with van der Waals surface area (Å²) in [5.74, 6) is 0.397. The van der Waals surface area contributed by atoms with Crippen molar-refractivity contribution in [1.29, 1.82) is 0 Å². The van der Waals surface area contributed by atoms with Crippen LogP contribution in [0.3, 0.4) is 0 Å². The minimum atomic E-state index is -0.164. The van der Waals surface area contributed by atoms with Gasteiger partial charge in [0.25, 0.3) is 5.91 Å². The highest BCUT2D eigenvalue weighted by molar-refractivity contribution is 5.94.